The van der Waals surface area contributed by atoms with Gasteiger partial charge in [-0.25, -0.2) is 0 Å². The van der Waals surface area contributed by atoms with Crippen molar-refractivity contribution < 1.29 is 9.66 Å². The first-order chi connectivity index (χ1) is 9.06. The molecule has 0 amide bonds. The normalized spacial score (nSPS) is 14.2. The van der Waals surface area contributed by atoms with Crippen LogP contribution >= 0.6 is 11.6 Å². The van der Waals surface area contributed by atoms with E-state index in [0.717, 1.165) is 12.1 Å². The fourth-order valence-electron chi connectivity index (χ4n) is 1.53. The molecule has 1 aromatic rings. The standard InChI is InChI=1S/C13H15ClN2O3/c1-9(7-15-10-2-3-10)8-19-13-5-4-11(16(17)18)6-12(13)14/h4-6,10,15H,1-3,7-8H2. The van der Waals surface area contributed by atoms with E-state index in [-0.39, 0.29) is 10.7 Å². The van der Waals surface area contributed by atoms with Crippen LogP contribution in [0.3, 0.4) is 0 Å². The lowest BCUT2D eigenvalue weighted by molar-refractivity contribution is -0.384. The number of hydrogen-bond acceptors (Lipinski definition) is 4. The van der Waals surface area contributed by atoms with Crippen molar-refractivity contribution in [3.8, 4) is 5.75 Å². The van der Waals surface area contributed by atoms with Gasteiger partial charge in [-0.15, -0.1) is 0 Å². The zero-order valence-electron chi connectivity index (χ0n) is 10.4. The first-order valence-corrected chi connectivity index (χ1v) is 6.41. The minimum absolute atomic E-state index is 0.0495. The van der Waals surface area contributed by atoms with Crippen LogP contribution in [0.15, 0.2) is 30.4 Å². The van der Waals surface area contributed by atoms with Crippen molar-refractivity contribution in [3.05, 3.63) is 45.5 Å². The van der Waals surface area contributed by atoms with E-state index in [4.69, 9.17) is 16.3 Å². The average Bonchev–Trinajstić information content (AvgIpc) is 3.18. The van der Waals surface area contributed by atoms with Crippen LogP contribution in [0.4, 0.5) is 5.69 Å². The molecule has 5 nitrogen and oxygen atoms in total. The highest BCUT2D eigenvalue weighted by atomic mass is 35.5. The number of nitro groups is 1. The summed E-state index contributed by atoms with van der Waals surface area (Å²) in [4.78, 5) is 10.1. The molecule has 0 heterocycles. The van der Waals surface area contributed by atoms with Crippen molar-refractivity contribution >= 4 is 17.3 Å². The van der Waals surface area contributed by atoms with E-state index in [0.29, 0.717) is 18.4 Å². The quantitative estimate of drug-likeness (QED) is 0.474. The lowest BCUT2D eigenvalue weighted by atomic mass is 10.3. The molecule has 1 N–H and O–H groups in total. The number of hydrogen-bond donors (Lipinski definition) is 1. The van der Waals surface area contributed by atoms with Crippen molar-refractivity contribution in [3.63, 3.8) is 0 Å². The Balaban J connectivity index is 1.84. The topological polar surface area (TPSA) is 64.4 Å². The molecule has 0 aromatic heterocycles. The van der Waals surface area contributed by atoms with E-state index in [9.17, 15) is 10.1 Å². The minimum Gasteiger partial charge on any atom is -0.488 e. The molecule has 0 atom stereocenters. The lowest BCUT2D eigenvalue weighted by Gasteiger charge is -2.10. The molecule has 0 saturated heterocycles. The number of nitro benzene ring substituents is 1. The van der Waals surface area contributed by atoms with Gasteiger partial charge >= 0.3 is 0 Å². The third-order valence-corrected chi connectivity index (χ3v) is 3.07. The number of ether oxygens (including phenoxy) is 1. The predicted molar refractivity (Wildman–Crippen MR) is 73.8 cm³/mol. The van der Waals surface area contributed by atoms with Gasteiger partial charge in [-0.2, -0.15) is 0 Å². The van der Waals surface area contributed by atoms with Crippen LogP contribution in [-0.4, -0.2) is 24.1 Å². The fraction of sp³-hybridized carbons (Fsp3) is 0.385. The minimum atomic E-state index is -0.492. The first-order valence-electron chi connectivity index (χ1n) is 6.03. The van der Waals surface area contributed by atoms with E-state index in [1.807, 2.05) is 0 Å². The maximum Gasteiger partial charge on any atom is 0.271 e. The molecule has 1 fully saturated rings. The zero-order valence-corrected chi connectivity index (χ0v) is 11.2. The molecular formula is C13H15ClN2O3. The number of rotatable bonds is 7. The molecule has 1 aliphatic rings. The summed E-state index contributed by atoms with van der Waals surface area (Å²) in [6, 6.07) is 4.77. The van der Waals surface area contributed by atoms with Crippen molar-refractivity contribution in [2.45, 2.75) is 18.9 Å². The Labute approximate surface area is 116 Å². The predicted octanol–water partition coefficient (Wildman–Crippen LogP) is 2.94. The lowest BCUT2D eigenvalue weighted by Crippen LogP contribution is -2.21. The van der Waals surface area contributed by atoms with Gasteiger partial charge in [0, 0.05) is 24.7 Å². The van der Waals surface area contributed by atoms with Crippen LogP contribution < -0.4 is 10.1 Å². The second-order valence-electron chi connectivity index (χ2n) is 4.57. The Morgan fingerprint density at radius 1 is 1.58 bits per heavy atom. The van der Waals surface area contributed by atoms with Gasteiger partial charge in [0.1, 0.15) is 12.4 Å². The summed E-state index contributed by atoms with van der Waals surface area (Å²) in [5.41, 5.74) is 0.868. The third kappa shape index (κ3) is 4.22. The van der Waals surface area contributed by atoms with Gasteiger partial charge in [0.2, 0.25) is 0 Å². The molecule has 102 valence electrons. The molecule has 0 aliphatic heterocycles. The molecule has 6 heteroatoms. The van der Waals surface area contributed by atoms with Crippen molar-refractivity contribution in [2.24, 2.45) is 0 Å². The summed E-state index contributed by atoms with van der Waals surface area (Å²) >= 11 is 5.92. The van der Waals surface area contributed by atoms with Crippen molar-refractivity contribution in [1.29, 1.82) is 0 Å². The van der Waals surface area contributed by atoms with Crippen LogP contribution in [0.1, 0.15) is 12.8 Å². The SMILES string of the molecule is C=C(CNC1CC1)COc1ccc([N+](=O)[O-])cc1Cl. The highest BCUT2D eigenvalue weighted by molar-refractivity contribution is 6.32. The Kier molecular flexibility index (Phi) is 4.39. The Hall–Kier alpha value is -1.59. The van der Waals surface area contributed by atoms with Crippen LogP contribution in [0.5, 0.6) is 5.75 Å². The molecular weight excluding hydrogens is 268 g/mol. The molecule has 0 bridgehead atoms. The van der Waals surface area contributed by atoms with Gasteiger partial charge in [-0.3, -0.25) is 10.1 Å². The molecule has 1 saturated carbocycles. The summed E-state index contributed by atoms with van der Waals surface area (Å²) in [6.45, 7) is 4.97. The number of non-ortho nitro benzene ring substituents is 1. The number of nitrogens with zero attached hydrogens (tertiary/aromatic N) is 1. The Morgan fingerprint density at radius 3 is 2.89 bits per heavy atom. The van der Waals surface area contributed by atoms with Crippen LogP contribution in [0.25, 0.3) is 0 Å². The fourth-order valence-corrected chi connectivity index (χ4v) is 1.76. The van der Waals surface area contributed by atoms with Gasteiger partial charge < -0.3 is 10.1 Å². The van der Waals surface area contributed by atoms with Crippen molar-refractivity contribution in [2.75, 3.05) is 13.2 Å². The van der Waals surface area contributed by atoms with E-state index in [1.165, 1.54) is 31.0 Å². The van der Waals surface area contributed by atoms with Gasteiger partial charge in [-0.05, 0) is 24.5 Å². The smallest absolute Gasteiger partial charge is 0.271 e. The molecule has 19 heavy (non-hydrogen) atoms. The summed E-state index contributed by atoms with van der Waals surface area (Å²) in [6.07, 6.45) is 2.45. The van der Waals surface area contributed by atoms with Gasteiger partial charge in [0.05, 0.1) is 9.95 Å². The summed E-state index contributed by atoms with van der Waals surface area (Å²) in [7, 11) is 0. The van der Waals surface area contributed by atoms with Gasteiger partial charge in [0.25, 0.3) is 5.69 Å². The van der Waals surface area contributed by atoms with E-state index < -0.39 is 4.92 Å². The molecule has 0 unspecified atom stereocenters. The van der Waals surface area contributed by atoms with E-state index in [2.05, 4.69) is 11.9 Å². The summed E-state index contributed by atoms with van der Waals surface area (Å²) in [5.74, 6) is 0.430. The Bertz CT molecular complexity index is 501. The average molecular weight is 283 g/mol. The van der Waals surface area contributed by atoms with E-state index in [1.54, 1.807) is 0 Å². The highest BCUT2D eigenvalue weighted by Crippen LogP contribution is 2.28. The maximum atomic E-state index is 10.6. The van der Waals surface area contributed by atoms with Crippen LogP contribution in [-0.2, 0) is 0 Å². The Morgan fingerprint density at radius 2 is 2.32 bits per heavy atom. The second kappa shape index (κ2) is 6.04. The monoisotopic (exact) mass is 282 g/mol. The maximum absolute atomic E-state index is 10.6. The van der Waals surface area contributed by atoms with E-state index >= 15 is 0 Å². The second-order valence-corrected chi connectivity index (χ2v) is 4.97. The number of halogens is 1. The molecule has 2 rings (SSSR count). The number of benzene rings is 1. The van der Waals surface area contributed by atoms with Gasteiger partial charge in [0.15, 0.2) is 0 Å². The van der Waals surface area contributed by atoms with Crippen LogP contribution in [0.2, 0.25) is 5.02 Å². The largest absolute Gasteiger partial charge is 0.488 e. The molecule has 0 radical (unpaired) electrons. The number of nitrogens with one attached hydrogen (secondary N) is 1. The first kappa shape index (κ1) is 13.8. The van der Waals surface area contributed by atoms with Crippen LogP contribution in [0, 0.1) is 10.1 Å². The zero-order chi connectivity index (χ0) is 13.8. The highest BCUT2D eigenvalue weighted by Gasteiger charge is 2.20. The third-order valence-electron chi connectivity index (χ3n) is 2.78. The van der Waals surface area contributed by atoms with Gasteiger partial charge in [-0.1, -0.05) is 18.2 Å². The summed E-state index contributed by atoms with van der Waals surface area (Å²) in [5, 5.41) is 14.1. The molecule has 1 aliphatic carbocycles. The summed E-state index contributed by atoms with van der Waals surface area (Å²) < 4.78 is 5.49. The van der Waals surface area contributed by atoms with Crippen molar-refractivity contribution in [1.82, 2.24) is 5.32 Å². The molecule has 1 aromatic carbocycles. The molecule has 0 spiro atoms.